The van der Waals surface area contributed by atoms with Gasteiger partial charge < -0.3 is 5.84 Å². The molecule has 1 aromatic carbocycles. The molecule has 3 rings (SSSR count). The molecule has 0 fully saturated rings. The smallest absolute Gasteiger partial charge is 0.183 e. The number of thiazole rings is 1. The van der Waals surface area contributed by atoms with E-state index in [0.717, 1.165) is 16.3 Å². The Morgan fingerprint density at radius 2 is 1.95 bits per heavy atom. The zero-order valence-corrected chi connectivity index (χ0v) is 12.7. The predicted molar refractivity (Wildman–Crippen MR) is 86.2 cm³/mol. The number of hydrogen-bond acceptors (Lipinski definition) is 4. The largest absolute Gasteiger partial charge is 0.337 e. The van der Waals surface area contributed by atoms with Crippen LogP contribution in [0.3, 0.4) is 0 Å². The maximum atomic E-state index is 6.16. The minimum absolute atomic E-state index is 0.540. The zero-order chi connectivity index (χ0) is 14.7. The molecule has 0 radical (unpaired) electrons. The van der Waals surface area contributed by atoms with Crippen LogP contribution in [0.1, 0.15) is 10.6 Å². The first-order valence-electron chi connectivity index (χ1n) is 6.38. The molecule has 0 saturated carbocycles. The summed E-state index contributed by atoms with van der Waals surface area (Å²) in [5.41, 5.74) is 2.52. The van der Waals surface area contributed by atoms with E-state index in [1.807, 2.05) is 48.5 Å². The number of para-hydroxylation sites is 1. The van der Waals surface area contributed by atoms with E-state index in [1.165, 1.54) is 11.3 Å². The first-order valence-corrected chi connectivity index (χ1v) is 7.58. The van der Waals surface area contributed by atoms with E-state index in [4.69, 9.17) is 17.4 Å². The van der Waals surface area contributed by atoms with Gasteiger partial charge in [-0.05, 0) is 24.3 Å². The molecule has 0 saturated heterocycles. The minimum Gasteiger partial charge on any atom is -0.337 e. The molecule has 21 heavy (non-hydrogen) atoms. The fourth-order valence-electron chi connectivity index (χ4n) is 1.97. The van der Waals surface area contributed by atoms with Crippen molar-refractivity contribution in [2.45, 2.75) is 6.42 Å². The molecule has 3 aromatic rings. The van der Waals surface area contributed by atoms with E-state index in [9.17, 15) is 0 Å². The Balaban J connectivity index is 1.97. The van der Waals surface area contributed by atoms with Gasteiger partial charge in [-0.3, -0.25) is 0 Å². The number of rotatable bonds is 3. The number of pyridine rings is 1. The highest BCUT2D eigenvalue weighted by Gasteiger charge is 2.04. The normalized spacial score (nSPS) is 11.8. The van der Waals surface area contributed by atoms with Gasteiger partial charge in [0.15, 0.2) is 9.95 Å². The average Bonchev–Trinajstić information content (AvgIpc) is 2.90. The Labute approximate surface area is 131 Å². The number of nitrogens with two attached hydrogens (primary N) is 1. The van der Waals surface area contributed by atoms with E-state index in [-0.39, 0.29) is 0 Å². The van der Waals surface area contributed by atoms with Gasteiger partial charge in [0.05, 0.1) is 5.69 Å². The van der Waals surface area contributed by atoms with Crippen molar-refractivity contribution in [3.8, 4) is 0 Å². The molecule has 106 valence electrons. The van der Waals surface area contributed by atoms with Gasteiger partial charge in [-0.15, -0.1) is 11.3 Å². The molecule has 0 aliphatic heterocycles. The van der Waals surface area contributed by atoms with E-state index in [1.54, 1.807) is 10.9 Å². The van der Waals surface area contributed by atoms with E-state index < -0.39 is 0 Å². The van der Waals surface area contributed by atoms with Crippen LogP contribution in [0.15, 0.2) is 59.7 Å². The molecule has 2 N–H and O–H groups in total. The lowest BCUT2D eigenvalue weighted by Crippen LogP contribution is -2.30. The monoisotopic (exact) mass is 316 g/mol. The Bertz CT molecular complexity index is 808. The van der Waals surface area contributed by atoms with Gasteiger partial charge in [0.2, 0.25) is 0 Å². The summed E-state index contributed by atoms with van der Waals surface area (Å²) in [6, 6.07) is 15.5. The van der Waals surface area contributed by atoms with Gasteiger partial charge in [0.25, 0.3) is 0 Å². The molecule has 2 aromatic heterocycles. The minimum atomic E-state index is 0.540. The van der Waals surface area contributed by atoms with Gasteiger partial charge in [-0.1, -0.05) is 35.9 Å². The lowest BCUT2D eigenvalue weighted by molar-refractivity contribution is 0.833. The Hall–Kier alpha value is -2.11. The second-order valence-electron chi connectivity index (χ2n) is 4.45. The van der Waals surface area contributed by atoms with Crippen LogP contribution >= 0.6 is 22.9 Å². The van der Waals surface area contributed by atoms with E-state index in [2.05, 4.69) is 9.98 Å². The maximum absolute atomic E-state index is 6.16. The van der Waals surface area contributed by atoms with Crippen LogP contribution in [0.4, 0.5) is 5.69 Å². The molecule has 0 spiro atoms. The topological polar surface area (TPSA) is 56.2 Å². The maximum Gasteiger partial charge on any atom is 0.183 e. The van der Waals surface area contributed by atoms with Crippen LogP contribution in [0.2, 0.25) is 4.47 Å². The summed E-state index contributed by atoms with van der Waals surface area (Å²) in [6.07, 6.45) is 2.45. The molecule has 0 bridgehead atoms. The summed E-state index contributed by atoms with van der Waals surface area (Å²) < 4.78 is 2.14. The first kappa shape index (κ1) is 13.9. The van der Waals surface area contributed by atoms with Crippen LogP contribution < -0.4 is 11.3 Å². The highest BCUT2D eigenvalue weighted by atomic mass is 35.5. The van der Waals surface area contributed by atoms with Gasteiger partial charge in [0, 0.05) is 23.2 Å². The van der Waals surface area contributed by atoms with Crippen LogP contribution in [-0.4, -0.2) is 9.66 Å². The fraction of sp³-hybridized carbons (Fsp3) is 0.0667. The number of hydrogen-bond donors (Lipinski definition) is 1. The first-order chi connectivity index (χ1) is 10.2. The van der Waals surface area contributed by atoms with Crippen molar-refractivity contribution in [2.75, 3.05) is 5.84 Å². The summed E-state index contributed by atoms with van der Waals surface area (Å²) >= 11 is 7.31. The highest BCUT2D eigenvalue weighted by Crippen LogP contribution is 2.20. The SMILES string of the molecule is Nn1c(Cc2cnc(Cl)s2)cccc1=Nc1ccccc1. The molecule has 4 nitrogen and oxygen atoms in total. The van der Waals surface area contributed by atoms with Gasteiger partial charge in [-0.2, -0.15) is 0 Å². The van der Waals surface area contributed by atoms with Crippen LogP contribution in [0.25, 0.3) is 0 Å². The molecule has 0 atom stereocenters. The van der Waals surface area contributed by atoms with Crippen molar-refractivity contribution in [3.63, 3.8) is 0 Å². The van der Waals surface area contributed by atoms with Gasteiger partial charge in [-0.25, -0.2) is 14.7 Å². The van der Waals surface area contributed by atoms with Crippen molar-refractivity contribution in [1.82, 2.24) is 9.66 Å². The summed E-state index contributed by atoms with van der Waals surface area (Å²) in [7, 11) is 0. The number of aromatic nitrogens is 2. The molecule has 0 aliphatic rings. The van der Waals surface area contributed by atoms with E-state index in [0.29, 0.717) is 16.4 Å². The van der Waals surface area contributed by atoms with Crippen LogP contribution in [0.5, 0.6) is 0 Å². The Morgan fingerprint density at radius 3 is 2.67 bits per heavy atom. The molecule has 0 unspecified atom stereocenters. The lowest BCUT2D eigenvalue weighted by Gasteiger charge is -2.07. The summed E-state index contributed by atoms with van der Waals surface area (Å²) in [5, 5.41) is 0. The molecule has 2 heterocycles. The molecule has 0 amide bonds. The average molecular weight is 317 g/mol. The van der Waals surface area contributed by atoms with Crippen molar-refractivity contribution in [1.29, 1.82) is 0 Å². The van der Waals surface area contributed by atoms with E-state index >= 15 is 0 Å². The number of nitrogen functional groups attached to an aromatic ring is 1. The van der Waals surface area contributed by atoms with Crippen molar-refractivity contribution < 1.29 is 0 Å². The lowest BCUT2D eigenvalue weighted by atomic mass is 10.2. The Morgan fingerprint density at radius 1 is 1.14 bits per heavy atom. The second-order valence-corrected chi connectivity index (χ2v) is 6.15. The summed E-state index contributed by atoms with van der Waals surface area (Å²) in [4.78, 5) is 9.66. The quantitative estimate of drug-likeness (QED) is 0.755. The number of benzene rings is 1. The standard InChI is InChI=1S/C15H13ClN4S/c16-15-18-10-13(21-15)9-12-7-4-8-14(20(12)17)19-11-5-2-1-3-6-11/h1-8,10H,9,17H2. The third-order valence-corrected chi connectivity index (χ3v) is 4.09. The second kappa shape index (κ2) is 6.11. The van der Waals surface area contributed by atoms with Gasteiger partial charge >= 0.3 is 0 Å². The molecule has 0 aliphatic carbocycles. The van der Waals surface area contributed by atoms with Crippen LogP contribution in [0, 0.1) is 0 Å². The molecular weight excluding hydrogens is 304 g/mol. The van der Waals surface area contributed by atoms with Crippen molar-refractivity contribution in [2.24, 2.45) is 4.99 Å². The third-order valence-electron chi connectivity index (χ3n) is 2.97. The number of nitrogens with zero attached hydrogens (tertiary/aromatic N) is 3. The van der Waals surface area contributed by atoms with Crippen LogP contribution in [-0.2, 0) is 6.42 Å². The number of halogens is 1. The summed E-state index contributed by atoms with van der Waals surface area (Å²) in [6.45, 7) is 0. The molecular formula is C15H13ClN4S. The zero-order valence-electron chi connectivity index (χ0n) is 11.1. The third kappa shape index (κ3) is 3.32. The molecule has 6 heteroatoms. The summed E-state index contributed by atoms with van der Waals surface area (Å²) in [5.74, 6) is 6.16. The highest BCUT2D eigenvalue weighted by molar-refractivity contribution is 7.15. The van der Waals surface area contributed by atoms with Crippen molar-refractivity contribution >= 4 is 28.6 Å². The Kier molecular flexibility index (Phi) is 4.03. The van der Waals surface area contributed by atoms with Gasteiger partial charge in [0.1, 0.15) is 0 Å². The predicted octanol–water partition coefficient (Wildman–Crippen LogP) is 3.14. The van der Waals surface area contributed by atoms with Crippen molar-refractivity contribution in [3.05, 3.63) is 75.3 Å². The fourth-order valence-corrected chi connectivity index (χ4v) is 2.96.